The molecule has 15 heavy (non-hydrogen) atoms. The molecule has 1 rings (SSSR count). The van der Waals surface area contributed by atoms with Crippen LogP contribution in [0.3, 0.4) is 0 Å². The van der Waals surface area contributed by atoms with Gasteiger partial charge in [0.1, 0.15) is 0 Å². The fraction of sp³-hybridized carbons (Fsp3) is 1.00. The molecule has 5 heteroatoms. The van der Waals surface area contributed by atoms with Crippen molar-refractivity contribution >= 4 is 10.0 Å². The largest absolute Gasteiger partial charge is 0.389 e. The Morgan fingerprint density at radius 3 is 2.40 bits per heavy atom. The molecule has 0 amide bonds. The van der Waals surface area contributed by atoms with E-state index in [1.165, 1.54) is 0 Å². The van der Waals surface area contributed by atoms with Crippen LogP contribution in [0.5, 0.6) is 0 Å². The van der Waals surface area contributed by atoms with Crippen molar-refractivity contribution in [1.82, 2.24) is 4.72 Å². The summed E-state index contributed by atoms with van der Waals surface area (Å²) in [5.74, 6) is 0.536. The zero-order valence-electron chi connectivity index (χ0n) is 9.49. The summed E-state index contributed by atoms with van der Waals surface area (Å²) in [7, 11) is -3.20. The standard InChI is InChI=1S/C10H21NO3S/c1-9(2)4-7-15(13,14)11-8-10(12)5-3-6-10/h9,11-12H,3-8H2,1-2H3. The van der Waals surface area contributed by atoms with Gasteiger partial charge in [-0.1, -0.05) is 13.8 Å². The predicted molar refractivity (Wildman–Crippen MR) is 60.0 cm³/mol. The van der Waals surface area contributed by atoms with Crippen molar-refractivity contribution in [3.05, 3.63) is 0 Å². The van der Waals surface area contributed by atoms with Crippen LogP contribution >= 0.6 is 0 Å². The molecule has 4 nitrogen and oxygen atoms in total. The molecule has 0 aromatic rings. The Morgan fingerprint density at radius 2 is 2.00 bits per heavy atom. The Morgan fingerprint density at radius 1 is 1.40 bits per heavy atom. The van der Waals surface area contributed by atoms with Crippen molar-refractivity contribution in [2.24, 2.45) is 5.92 Å². The van der Waals surface area contributed by atoms with Gasteiger partial charge in [0.2, 0.25) is 10.0 Å². The third kappa shape index (κ3) is 4.49. The van der Waals surface area contributed by atoms with Gasteiger partial charge in [0.15, 0.2) is 0 Å². The number of hydrogen-bond donors (Lipinski definition) is 2. The fourth-order valence-corrected chi connectivity index (χ4v) is 2.88. The Bertz CT molecular complexity index is 294. The van der Waals surface area contributed by atoms with Gasteiger partial charge in [0.05, 0.1) is 11.4 Å². The zero-order chi connectivity index (χ0) is 11.5. The van der Waals surface area contributed by atoms with Crippen molar-refractivity contribution in [3.8, 4) is 0 Å². The van der Waals surface area contributed by atoms with Crippen LogP contribution in [0.25, 0.3) is 0 Å². The minimum absolute atomic E-state index is 0.154. The molecular formula is C10H21NO3S. The first kappa shape index (κ1) is 12.9. The van der Waals surface area contributed by atoms with Gasteiger partial charge in [-0.2, -0.15) is 0 Å². The first-order valence-electron chi connectivity index (χ1n) is 5.53. The van der Waals surface area contributed by atoms with Gasteiger partial charge in [-0.05, 0) is 31.6 Å². The van der Waals surface area contributed by atoms with Gasteiger partial charge in [0, 0.05) is 6.54 Å². The van der Waals surface area contributed by atoms with Crippen molar-refractivity contribution in [1.29, 1.82) is 0 Å². The molecule has 0 spiro atoms. The maximum Gasteiger partial charge on any atom is 0.211 e. The molecule has 2 N–H and O–H groups in total. The highest BCUT2D eigenvalue weighted by Gasteiger charge is 2.35. The summed E-state index contributed by atoms with van der Waals surface area (Å²) in [6.07, 6.45) is 3.07. The summed E-state index contributed by atoms with van der Waals surface area (Å²) in [4.78, 5) is 0. The second kappa shape index (κ2) is 4.80. The number of nitrogens with one attached hydrogen (secondary N) is 1. The Hall–Kier alpha value is -0.130. The molecule has 0 aromatic heterocycles. The van der Waals surface area contributed by atoms with Crippen LogP contribution in [-0.2, 0) is 10.0 Å². The average Bonchev–Trinajstić information content (AvgIpc) is 2.09. The summed E-state index contributed by atoms with van der Waals surface area (Å²) < 4.78 is 25.5. The van der Waals surface area contributed by atoms with Crippen LogP contribution in [0.4, 0.5) is 0 Å². The van der Waals surface area contributed by atoms with E-state index >= 15 is 0 Å². The summed E-state index contributed by atoms with van der Waals surface area (Å²) in [5.41, 5.74) is -0.773. The molecular weight excluding hydrogens is 214 g/mol. The second-order valence-electron chi connectivity index (χ2n) is 4.90. The van der Waals surface area contributed by atoms with Crippen LogP contribution in [0.2, 0.25) is 0 Å². The molecule has 1 aliphatic rings. The van der Waals surface area contributed by atoms with Crippen LogP contribution in [0.1, 0.15) is 39.5 Å². The highest BCUT2D eigenvalue weighted by atomic mass is 32.2. The quantitative estimate of drug-likeness (QED) is 0.718. The summed E-state index contributed by atoms with van der Waals surface area (Å²) in [6.45, 7) is 4.16. The minimum Gasteiger partial charge on any atom is -0.389 e. The third-order valence-corrected chi connectivity index (χ3v) is 4.23. The highest BCUT2D eigenvalue weighted by molar-refractivity contribution is 7.89. The van der Waals surface area contributed by atoms with Crippen LogP contribution in [0.15, 0.2) is 0 Å². The van der Waals surface area contributed by atoms with Crippen molar-refractivity contribution in [2.45, 2.75) is 45.1 Å². The Labute approximate surface area is 92.1 Å². The van der Waals surface area contributed by atoms with E-state index in [0.717, 1.165) is 6.42 Å². The zero-order valence-corrected chi connectivity index (χ0v) is 10.3. The Balaban J connectivity index is 2.29. The van der Waals surface area contributed by atoms with Crippen LogP contribution in [0, 0.1) is 5.92 Å². The SMILES string of the molecule is CC(C)CCS(=O)(=O)NCC1(O)CCC1. The van der Waals surface area contributed by atoms with Crippen molar-refractivity contribution in [3.63, 3.8) is 0 Å². The molecule has 0 unspecified atom stereocenters. The highest BCUT2D eigenvalue weighted by Crippen LogP contribution is 2.30. The van der Waals surface area contributed by atoms with E-state index in [4.69, 9.17) is 0 Å². The first-order chi connectivity index (χ1) is 6.83. The van der Waals surface area contributed by atoms with Gasteiger partial charge >= 0.3 is 0 Å². The molecule has 1 fully saturated rings. The number of aliphatic hydroxyl groups is 1. The maximum atomic E-state index is 11.5. The maximum absolute atomic E-state index is 11.5. The molecule has 0 aromatic carbocycles. The number of sulfonamides is 1. The van der Waals surface area contributed by atoms with Crippen LogP contribution < -0.4 is 4.72 Å². The van der Waals surface area contributed by atoms with Gasteiger partial charge in [-0.15, -0.1) is 0 Å². The molecule has 1 saturated carbocycles. The number of hydrogen-bond acceptors (Lipinski definition) is 3. The first-order valence-corrected chi connectivity index (χ1v) is 7.18. The van der Waals surface area contributed by atoms with Gasteiger partial charge in [0.25, 0.3) is 0 Å². The van der Waals surface area contributed by atoms with Gasteiger partial charge in [-0.25, -0.2) is 13.1 Å². The monoisotopic (exact) mass is 235 g/mol. The molecule has 0 aliphatic heterocycles. The lowest BCUT2D eigenvalue weighted by Crippen LogP contribution is -2.48. The van der Waals surface area contributed by atoms with E-state index in [0.29, 0.717) is 25.2 Å². The van der Waals surface area contributed by atoms with Gasteiger partial charge < -0.3 is 5.11 Å². The molecule has 0 radical (unpaired) electrons. The van der Waals surface area contributed by atoms with Crippen molar-refractivity contribution in [2.75, 3.05) is 12.3 Å². The smallest absolute Gasteiger partial charge is 0.211 e. The lowest BCUT2D eigenvalue weighted by molar-refractivity contribution is -0.0270. The molecule has 90 valence electrons. The Kier molecular flexibility index (Phi) is 4.14. The summed E-state index contributed by atoms with van der Waals surface area (Å²) in [5, 5.41) is 9.72. The average molecular weight is 235 g/mol. The van der Waals surface area contributed by atoms with E-state index in [1.807, 2.05) is 13.8 Å². The molecule has 0 saturated heterocycles. The second-order valence-corrected chi connectivity index (χ2v) is 6.83. The fourth-order valence-electron chi connectivity index (χ4n) is 1.47. The topological polar surface area (TPSA) is 66.4 Å². The van der Waals surface area contributed by atoms with E-state index < -0.39 is 15.6 Å². The normalized spacial score (nSPS) is 20.3. The summed E-state index contributed by atoms with van der Waals surface area (Å²) in [6, 6.07) is 0. The van der Waals surface area contributed by atoms with E-state index in [1.54, 1.807) is 0 Å². The van der Waals surface area contributed by atoms with E-state index in [9.17, 15) is 13.5 Å². The molecule has 0 atom stereocenters. The third-order valence-electron chi connectivity index (χ3n) is 2.87. The predicted octanol–water partition coefficient (Wildman–Crippen LogP) is 0.867. The number of rotatable bonds is 6. The van der Waals surface area contributed by atoms with Crippen LogP contribution in [-0.4, -0.2) is 31.4 Å². The lowest BCUT2D eigenvalue weighted by atomic mass is 9.81. The molecule has 1 aliphatic carbocycles. The summed E-state index contributed by atoms with van der Waals surface area (Å²) >= 11 is 0. The van der Waals surface area contributed by atoms with E-state index in [-0.39, 0.29) is 12.3 Å². The lowest BCUT2D eigenvalue weighted by Gasteiger charge is -2.36. The minimum atomic E-state index is -3.20. The van der Waals surface area contributed by atoms with Crippen molar-refractivity contribution < 1.29 is 13.5 Å². The van der Waals surface area contributed by atoms with Gasteiger partial charge in [-0.3, -0.25) is 0 Å². The van der Waals surface area contributed by atoms with E-state index in [2.05, 4.69) is 4.72 Å². The molecule has 0 bridgehead atoms. The molecule has 0 heterocycles.